The van der Waals surface area contributed by atoms with E-state index in [1.54, 1.807) is 18.6 Å². The number of β-amino-alcohol motifs (C(OH)–C–C–N with tert-alkyl or cyclic N) is 1. The van der Waals surface area contributed by atoms with Crippen LogP contribution in [0.5, 0.6) is 0 Å². The number of carbonyl (C=O) groups is 1. The van der Waals surface area contributed by atoms with E-state index in [0.29, 0.717) is 31.0 Å². The average molecular weight is 413 g/mol. The van der Waals surface area contributed by atoms with E-state index in [0.717, 1.165) is 22.3 Å². The minimum absolute atomic E-state index is 0.197. The van der Waals surface area contributed by atoms with Crippen LogP contribution in [0, 0.1) is 6.92 Å². The zero-order valence-electron chi connectivity index (χ0n) is 17.2. The zero-order valence-corrected chi connectivity index (χ0v) is 17.2. The van der Waals surface area contributed by atoms with E-state index >= 15 is 0 Å². The maximum absolute atomic E-state index is 13.2. The van der Waals surface area contributed by atoms with Crippen molar-refractivity contribution >= 4 is 28.3 Å². The van der Waals surface area contributed by atoms with Crippen molar-refractivity contribution in [3.63, 3.8) is 0 Å². The van der Waals surface area contributed by atoms with E-state index in [1.807, 2.05) is 33.7 Å². The van der Waals surface area contributed by atoms with E-state index in [9.17, 15) is 9.90 Å². The number of benzene rings is 1. The largest absolute Gasteiger partial charge is 0.389 e. The third kappa shape index (κ3) is 3.87. The molecule has 1 fully saturated rings. The number of hydrogen-bond acceptors (Lipinski definition) is 5. The maximum Gasteiger partial charge on any atom is 0.272 e. The third-order valence-corrected chi connectivity index (χ3v) is 5.59. The fourth-order valence-corrected chi connectivity index (χ4v) is 3.82. The van der Waals surface area contributed by atoms with Gasteiger partial charge in [-0.25, -0.2) is 4.98 Å². The van der Waals surface area contributed by atoms with Gasteiger partial charge in [0.1, 0.15) is 11.5 Å². The normalized spacial score (nSPS) is 13.9. The van der Waals surface area contributed by atoms with Crippen LogP contribution < -0.4 is 10.2 Å². The number of aliphatic hydroxyl groups is 1. The smallest absolute Gasteiger partial charge is 0.272 e. The molecule has 5 rings (SSSR count). The van der Waals surface area contributed by atoms with Crippen LogP contribution in [0.4, 0.5) is 11.5 Å². The molecule has 2 N–H and O–H groups in total. The van der Waals surface area contributed by atoms with Gasteiger partial charge in [0, 0.05) is 31.2 Å². The Bertz CT molecular complexity index is 1230. The second kappa shape index (κ2) is 7.85. The Kier molecular flexibility index (Phi) is 4.88. The van der Waals surface area contributed by atoms with E-state index in [-0.39, 0.29) is 12.0 Å². The van der Waals surface area contributed by atoms with Gasteiger partial charge < -0.3 is 19.9 Å². The van der Waals surface area contributed by atoms with Crippen LogP contribution in [-0.2, 0) is 6.54 Å². The van der Waals surface area contributed by atoms with Crippen molar-refractivity contribution in [2.75, 3.05) is 23.3 Å². The summed E-state index contributed by atoms with van der Waals surface area (Å²) in [4.78, 5) is 23.8. The number of nitrogens with one attached hydrogen (secondary N) is 1. The van der Waals surface area contributed by atoms with E-state index in [4.69, 9.17) is 0 Å². The molecule has 0 aliphatic carbocycles. The van der Waals surface area contributed by atoms with Gasteiger partial charge in [-0.15, -0.1) is 0 Å². The minimum Gasteiger partial charge on any atom is -0.389 e. The van der Waals surface area contributed by atoms with Gasteiger partial charge in [0.25, 0.3) is 5.91 Å². The van der Waals surface area contributed by atoms with Crippen molar-refractivity contribution in [1.82, 2.24) is 14.5 Å². The fraction of sp³-hybridized carbons (Fsp3) is 0.208. The van der Waals surface area contributed by atoms with Gasteiger partial charge in [-0.05, 0) is 36.8 Å². The van der Waals surface area contributed by atoms with E-state index < -0.39 is 0 Å². The van der Waals surface area contributed by atoms with Crippen molar-refractivity contribution in [2.24, 2.45) is 0 Å². The maximum atomic E-state index is 13.2. The number of anilines is 2. The lowest BCUT2D eigenvalue weighted by atomic mass is 10.1. The molecule has 0 unspecified atom stereocenters. The lowest BCUT2D eigenvalue weighted by Gasteiger charge is -2.36. The molecule has 156 valence electrons. The van der Waals surface area contributed by atoms with Gasteiger partial charge in [-0.1, -0.05) is 29.8 Å². The molecule has 7 nitrogen and oxygen atoms in total. The number of hydrogen-bond donors (Lipinski definition) is 2. The number of rotatable bonds is 5. The summed E-state index contributed by atoms with van der Waals surface area (Å²) in [5, 5.41) is 13.4. The molecule has 0 atom stereocenters. The Hall–Kier alpha value is -3.71. The van der Waals surface area contributed by atoms with Crippen molar-refractivity contribution in [2.45, 2.75) is 19.6 Å². The molecule has 7 heteroatoms. The van der Waals surface area contributed by atoms with Crippen molar-refractivity contribution in [3.05, 3.63) is 83.9 Å². The molecule has 4 aromatic rings. The predicted octanol–water partition coefficient (Wildman–Crippen LogP) is 3.22. The summed E-state index contributed by atoms with van der Waals surface area (Å²) in [6.45, 7) is 3.81. The van der Waals surface area contributed by atoms with Crippen molar-refractivity contribution in [1.29, 1.82) is 0 Å². The summed E-state index contributed by atoms with van der Waals surface area (Å²) in [5.41, 5.74) is 4.42. The SMILES string of the molecule is Cc1ccc(Cn2c(C(=O)Nc3ccc(N4CC(O)C4)nc3)cc3ccncc32)cc1. The summed E-state index contributed by atoms with van der Waals surface area (Å²) in [5.74, 6) is 0.597. The Labute approximate surface area is 180 Å². The molecule has 31 heavy (non-hydrogen) atoms. The molecule has 1 saturated heterocycles. The van der Waals surface area contributed by atoms with Gasteiger partial charge in [-0.2, -0.15) is 0 Å². The Balaban J connectivity index is 1.41. The predicted molar refractivity (Wildman–Crippen MR) is 120 cm³/mol. The number of aryl methyl sites for hydroxylation is 1. The highest BCUT2D eigenvalue weighted by Crippen LogP contribution is 2.23. The zero-order chi connectivity index (χ0) is 21.4. The summed E-state index contributed by atoms with van der Waals surface area (Å²) in [6.07, 6.45) is 4.88. The van der Waals surface area contributed by atoms with Crippen LogP contribution >= 0.6 is 0 Å². The molecule has 1 amide bonds. The number of carbonyl (C=O) groups excluding carboxylic acids is 1. The summed E-state index contributed by atoms with van der Waals surface area (Å²) < 4.78 is 1.99. The van der Waals surface area contributed by atoms with E-state index in [2.05, 4.69) is 46.5 Å². The van der Waals surface area contributed by atoms with Crippen LogP contribution in [0.1, 0.15) is 21.6 Å². The average Bonchev–Trinajstić information content (AvgIpc) is 3.12. The number of aliphatic hydroxyl groups excluding tert-OH is 1. The topological polar surface area (TPSA) is 83.3 Å². The first-order chi connectivity index (χ1) is 15.1. The molecule has 1 aromatic carbocycles. The molecule has 1 aliphatic rings. The van der Waals surface area contributed by atoms with Gasteiger partial charge in [0.15, 0.2) is 0 Å². The van der Waals surface area contributed by atoms with Gasteiger partial charge >= 0.3 is 0 Å². The van der Waals surface area contributed by atoms with Crippen LogP contribution in [0.2, 0.25) is 0 Å². The van der Waals surface area contributed by atoms with Gasteiger partial charge in [-0.3, -0.25) is 9.78 Å². The highest BCUT2D eigenvalue weighted by Gasteiger charge is 2.25. The minimum atomic E-state index is -0.286. The monoisotopic (exact) mass is 413 g/mol. The number of fused-ring (bicyclic) bond motifs is 1. The molecule has 0 bridgehead atoms. The molecule has 0 radical (unpaired) electrons. The molecular formula is C24H23N5O2. The number of nitrogens with zero attached hydrogens (tertiary/aromatic N) is 4. The summed E-state index contributed by atoms with van der Waals surface area (Å²) in [7, 11) is 0. The summed E-state index contributed by atoms with van der Waals surface area (Å²) in [6, 6.07) is 15.8. The van der Waals surface area contributed by atoms with Gasteiger partial charge in [0.05, 0.1) is 29.7 Å². The third-order valence-electron chi connectivity index (χ3n) is 5.59. The molecule has 0 spiro atoms. The first-order valence-electron chi connectivity index (χ1n) is 10.3. The number of pyridine rings is 2. The Morgan fingerprint density at radius 2 is 1.94 bits per heavy atom. The van der Waals surface area contributed by atoms with Crippen LogP contribution in [-0.4, -0.2) is 44.7 Å². The van der Waals surface area contributed by atoms with Crippen LogP contribution in [0.25, 0.3) is 10.9 Å². The first-order valence-corrected chi connectivity index (χ1v) is 10.3. The quantitative estimate of drug-likeness (QED) is 0.525. The second-order valence-corrected chi connectivity index (χ2v) is 7.95. The Morgan fingerprint density at radius 3 is 2.65 bits per heavy atom. The van der Waals surface area contributed by atoms with Gasteiger partial charge in [0.2, 0.25) is 0 Å². The van der Waals surface area contributed by atoms with Crippen molar-refractivity contribution < 1.29 is 9.90 Å². The van der Waals surface area contributed by atoms with Crippen LogP contribution in [0.3, 0.4) is 0 Å². The molecule has 1 aliphatic heterocycles. The Morgan fingerprint density at radius 1 is 1.13 bits per heavy atom. The molecule has 0 saturated carbocycles. The molecule has 4 heterocycles. The fourth-order valence-electron chi connectivity index (χ4n) is 3.82. The lowest BCUT2D eigenvalue weighted by molar-refractivity contribution is 0.101. The van der Waals surface area contributed by atoms with E-state index in [1.165, 1.54) is 5.56 Å². The van der Waals surface area contributed by atoms with Crippen molar-refractivity contribution in [3.8, 4) is 0 Å². The highest BCUT2D eigenvalue weighted by molar-refractivity contribution is 6.06. The number of amides is 1. The molecule has 3 aromatic heterocycles. The summed E-state index contributed by atoms with van der Waals surface area (Å²) >= 11 is 0. The molecular weight excluding hydrogens is 390 g/mol. The second-order valence-electron chi connectivity index (χ2n) is 7.95. The van der Waals surface area contributed by atoms with Crippen LogP contribution in [0.15, 0.2) is 67.1 Å². The highest BCUT2D eigenvalue weighted by atomic mass is 16.3. The first kappa shape index (κ1) is 19.3. The lowest BCUT2D eigenvalue weighted by Crippen LogP contribution is -2.51. The standard InChI is InChI=1S/C24H23N5O2/c1-16-2-4-17(5-3-16)13-29-21(10-18-8-9-25-12-22(18)29)24(31)27-19-6-7-23(26-11-19)28-14-20(30)15-28/h2-12,20,30H,13-15H2,1H3,(H,27,31). The number of aromatic nitrogens is 3.